The highest BCUT2D eigenvalue weighted by molar-refractivity contribution is 5.69. The van der Waals surface area contributed by atoms with E-state index in [9.17, 15) is 20.0 Å². The van der Waals surface area contributed by atoms with E-state index in [-0.39, 0.29) is 11.5 Å². The van der Waals surface area contributed by atoms with Crippen molar-refractivity contribution in [1.29, 1.82) is 0 Å². The average Bonchev–Trinajstić information content (AvgIpc) is 2.51. The number of carbonyl (C=O) groups is 1. The lowest BCUT2D eigenvalue weighted by Gasteiger charge is -2.33. The van der Waals surface area contributed by atoms with Gasteiger partial charge in [0.2, 0.25) is 0 Å². The van der Waals surface area contributed by atoms with Crippen molar-refractivity contribution < 1.29 is 14.8 Å². The van der Waals surface area contributed by atoms with Crippen molar-refractivity contribution in [2.45, 2.75) is 33.2 Å². The van der Waals surface area contributed by atoms with Crippen LogP contribution in [0.1, 0.15) is 26.3 Å². The number of nitro benzene ring substituents is 1. The number of anilines is 1. The van der Waals surface area contributed by atoms with Gasteiger partial charge in [-0.1, -0.05) is 12.1 Å². The largest absolute Gasteiger partial charge is 0.464 e. The van der Waals surface area contributed by atoms with Gasteiger partial charge in [-0.3, -0.25) is 15.5 Å². The van der Waals surface area contributed by atoms with Crippen molar-refractivity contribution in [1.82, 2.24) is 15.2 Å². The molecule has 2 aromatic rings. The number of nitrogens with zero attached hydrogens (tertiary/aromatic N) is 4. The van der Waals surface area contributed by atoms with E-state index in [1.165, 1.54) is 12.1 Å². The van der Waals surface area contributed by atoms with Gasteiger partial charge >= 0.3 is 6.09 Å². The molecule has 0 unspecified atom stereocenters. The van der Waals surface area contributed by atoms with Gasteiger partial charge in [0, 0.05) is 17.7 Å². The fourth-order valence-corrected chi connectivity index (χ4v) is 2.21. The molecular weight excluding hydrogens is 326 g/mol. The molecule has 0 spiro atoms. The Morgan fingerprint density at radius 3 is 2.48 bits per heavy atom. The molecule has 0 saturated carbocycles. The second-order valence-corrected chi connectivity index (χ2v) is 6.47. The van der Waals surface area contributed by atoms with Crippen LogP contribution in [-0.2, 0) is 0 Å². The van der Waals surface area contributed by atoms with Crippen LogP contribution in [-0.4, -0.2) is 36.9 Å². The summed E-state index contributed by atoms with van der Waals surface area (Å²) in [7, 11) is 0. The van der Waals surface area contributed by atoms with Crippen LogP contribution in [0, 0.1) is 17.0 Å². The number of non-ortho nitro benzene ring substituents is 1. The Hall–Kier alpha value is -3.23. The maximum Gasteiger partial charge on any atom is 0.426 e. The van der Waals surface area contributed by atoms with Gasteiger partial charge in [-0.15, -0.1) is 10.2 Å². The first-order valence-corrected chi connectivity index (χ1v) is 7.48. The molecule has 0 atom stereocenters. The maximum absolute atomic E-state index is 11.4. The van der Waals surface area contributed by atoms with E-state index < -0.39 is 16.6 Å². The molecule has 0 fully saturated rings. The molecule has 2 N–H and O–H groups in total. The van der Waals surface area contributed by atoms with Crippen molar-refractivity contribution in [3.8, 4) is 11.3 Å². The van der Waals surface area contributed by atoms with Gasteiger partial charge in [-0.05, 0) is 39.3 Å². The Labute approximate surface area is 144 Å². The standard InChI is InChI=1S/C16H19N5O4/c1-10-8-13(19-20(15(22)23)16(2,3)4)17-18-14(10)11-6-5-7-12(9-11)21(24)25/h5-9H,1-4H3,(H,17,19)(H,22,23). The Balaban J connectivity index is 2.34. The molecule has 132 valence electrons. The highest BCUT2D eigenvalue weighted by Gasteiger charge is 2.27. The molecule has 0 aliphatic rings. The van der Waals surface area contributed by atoms with Gasteiger partial charge in [0.1, 0.15) is 0 Å². The summed E-state index contributed by atoms with van der Waals surface area (Å²) in [5, 5.41) is 29.3. The number of hydrazine groups is 1. The minimum absolute atomic E-state index is 0.0364. The third-order valence-electron chi connectivity index (χ3n) is 3.40. The Morgan fingerprint density at radius 2 is 1.96 bits per heavy atom. The van der Waals surface area contributed by atoms with Gasteiger partial charge in [0.25, 0.3) is 5.69 Å². The van der Waals surface area contributed by atoms with Crippen molar-refractivity contribution in [3.63, 3.8) is 0 Å². The van der Waals surface area contributed by atoms with Crippen LogP contribution in [0.2, 0.25) is 0 Å². The molecule has 25 heavy (non-hydrogen) atoms. The predicted octanol–water partition coefficient (Wildman–Crippen LogP) is 3.47. The molecular formula is C16H19N5O4. The number of hydrogen-bond donors (Lipinski definition) is 2. The van der Waals surface area contributed by atoms with Crippen LogP contribution < -0.4 is 5.43 Å². The van der Waals surface area contributed by atoms with Gasteiger partial charge in [-0.25, -0.2) is 9.80 Å². The molecule has 2 rings (SSSR count). The lowest BCUT2D eigenvalue weighted by atomic mass is 10.1. The number of hydrogen-bond acceptors (Lipinski definition) is 6. The molecule has 0 bridgehead atoms. The average molecular weight is 345 g/mol. The highest BCUT2D eigenvalue weighted by atomic mass is 16.6. The molecule has 0 aliphatic heterocycles. The zero-order chi connectivity index (χ0) is 18.8. The molecule has 9 nitrogen and oxygen atoms in total. The first-order chi connectivity index (χ1) is 11.6. The van der Waals surface area contributed by atoms with E-state index in [0.717, 1.165) is 5.01 Å². The third-order valence-corrected chi connectivity index (χ3v) is 3.40. The quantitative estimate of drug-likeness (QED) is 0.642. The van der Waals surface area contributed by atoms with Crippen LogP contribution in [0.4, 0.5) is 16.3 Å². The molecule has 1 aromatic carbocycles. The van der Waals surface area contributed by atoms with Crippen molar-refractivity contribution >= 4 is 17.6 Å². The summed E-state index contributed by atoms with van der Waals surface area (Å²) >= 11 is 0. The molecule has 0 radical (unpaired) electrons. The molecule has 0 saturated heterocycles. The van der Waals surface area contributed by atoms with Gasteiger partial charge in [0.15, 0.2) is 5.82 Å². The number of nitrogens with one attached hydrogen (secondary N) is 1. The summed E-state index contributed by atoms with van der Waals surface area (Å²) in [5.41, 5.74) is 3.77. The van der Waals surface area contributed by atoms with Crippen LogP contribution in [0.15, 0.2) is 30.3 Å². The highest BCUT2D eigenvalue weighted by Crippen LogP contribution is 2.26. The lowest BCUT2D eigenvalue weighted by molar-refractivity contribution is -0.384. The number of carboxylic acid groups (broad SMARTS) is 1. The van der Waals surface area contributed by atoms with Crippen LogP contribution in [0.3, 0.4) is 0 Å². The zero-order valence-corrected chi connectivity index (χ0v) is 14.3. The summed E-state index contributed by atoms with van der Waals surface area (Å²) in [6.07, 6.45) is -1.14. The van der Waals surface area contributed by atoms with E-state index in [2.05, 4.69) is 15.6 Å². The number of rotatable bonds is 4. The van der Waals surface area contributed by atoms with E-state index in [4.69, 9.17) is 0 Å². The molecule has 1 heterocycles. The molecule has 1 amide bonds. The lowest BCUT2D eigenvalue weighted by Crippen LogP contribution is -2.48. The van der Waals surface area contributed by atoms with Crippen LogP contribution >= 0.6 is 0 Å². The smallest absolute Gasteiger partial charge is 0.426 e. The minimum Gasteiger partial charge on any atom is -0.464 e. The molecule has 0 aliphatic carbocycles. The fourth-order valence-electron chi connectivity index (χ4n) is 2.21. The number of benzene rings is 1. The predicted molar refractivity (Wildman–Crippen MR) is 92.1 cm³/mol. The first-order valence-electron chi connectivity index (χ1n) is 7.48. The zero-order valence-electron chi connectivity index (χ0n) is 14.3. The Morgan fingerprint density at radius 1 is 1.28 bits per heavy atom. The number of amides is 1. The van der Waals surface area contributed by atoms with Gasteiger partial charge < -0.3 is 5.11 Å². The minimum atomic E-state index is -1.14. The van der Waals surface area contributed by atoms with E-state index >= 15 is 0 Å². The summed E-state index contributed by atoms with van der Waals surface area (Å²) in [5.74, 6) is 0.268. The van der Waals surface area contributed by atoms with Gasteiger partial charge in [0.05, 0.1) is 16.2 Å². The topological polar surface area (TPSA) is 121 Å². The fraction of sp³-hybridized carbons (Fsp3) is 0.312. The van der Waals surface area contributed by atoms with Crippen LogP contribution in [0.5, 0.6) is 0 Å². The maximum atomic E-state index is 11.4. The summed E-state index contributed by atoms with van der Waals surface area (Å²) in [6, 6.07) is 7.74. The van der Waals surface area contributed by atoms with Crippen molar-refractivity contribution in [2.75, 3.05) is 5.43 Å². The summed E-state index contributed by atoms with van der Waals surface area (Å²) < 4.78 is 0. The first kappa shape index (κ1) is 18.1. The van der Waals surface area contributed by atoms with Crippen molar-refractivity contribution in [3.05, 3.63) is 46.0 Å². The Bertz CT molecular complexity index is 816. The monoisotopic (exact) mass is 345 g/mol. The Kier molecular flexibility index (Phi) is 4.87. The number of nitro groups is 1. The SMILES string of the molecule is Cc1cc(NN(C(=O)O)C(C)(C)C)nnc1-c1cccc([N+](=O)[O-])c1. The van der Waals surface area contributed by atoms with E-state index in [1.54, 1.807) is 45.9 Å². The third kappa shape index (κ3) is 4.19. The van der Waals surface area contributed by atoms with Gasteiger partial charge in [-0.2, -0.15) is 0 Å². The second-order valence-electron chi connectivity index (χ2n) is 6.47. The number of aromatic nitrogens is 2. The number of aryl methyl sites for hydroxylation is 1. The molecule has 9 heteroatoms. The van der Waals surface area contributed by atoms with E-state index in [0.29, 0.717) is 16.8 Å². The molecule has 1 aromatic heterocycles. The van der Waals surface area contributed by atoms with E-state index in [1.807, 2.05) is 0 Å². The second kappa shape index (κ2) is 6.71. The normalized spacial score (nSPS) is 11.0. The van der Waals surface area contributed by atoms with Crippen molar-refractivity contribution in [2.24, 2.45) is 0 Å². The summed E-state index contributed by atoms with van der Waals surface area (Å²) in [4.78, 5) is 21.8. The van der Waals surface area contributed by atoms with Crippen LogP contribution in [0.25, 0.3) is 11.3 Å². The summed E-state index contributed by atoms with van der Waals surface area (Å²) in [6.45, 7) is 7.00.